The Morgan fingerprint density at radius 1 is 1.32 bits per heavy atom. The van der Waals surface area contributed by atoms with E-state index in [-0.39, 0.29) is 29.3 Å². The predicted molar refractivity (Wildman–Crippen MR) is 95.2 cm³/mol. The predicted octanol–water partition coefficient (Wildman–Crippen LogP) is 2.56. The fourth-order valence-corrected chi connectivity index (χ4v) is 5.18. The molecule has 1 aromatic heterocycles. The van der Waals surface area contributed by atoms with Crippen molar-refractivity contribution in [3.05, 3.63) is 53.6 Å². The number of halogens is 1. The number of nitrogens with zero attached hydrogens (tertiary/aromatic N) is 3. The number of aryl methyl sites for hydroxylation is 2. The number of sulfonamides is 1. The van der Waals surface area contributed by atoms with Gasteiger partial charge in [0.25, 0.3) is 0 Å². The van der Waals surface area contributed by atoms with Gasteiger partial charge in [0.15, 0.2) is 0 Å². The van der Waals surface area contributed by atoms with Gasteiger partial charge in [-0.15, -0.1) is 0 Å². The summed E-state index contributed by atoms with van der Waals surface area (Å²) in [6.07, 6.45) is 3.94. The Balaban J connectivity index is 1.74. The molecule has 7 heteroatoms. The van der Waals surface area contributed by atoms with Crippen LogP contribution in [-0.4, -0.2) is 41.3 Å². The summed E-state index contributed by atoms with van der Waals surface area (Å²) in [6.45, 7) is 5.07. The van der Waals surface area contributed by atoms with E-state index in [1.807, 2.05) is 19.4 Å². The highest BCUT2D eigenvalue weighted by molar-refractivity contribution is 7.89. The first-order chi connectivity index (χ1) is 11.7. The quantitative estimate of drug-likeness (QED) is 0.818. The lowest BCUT2D eigenvalue weighted by atomic mass is 9.79. The second kappa shape index (κ2) is 6.53. The maximum Gasteiger partial charge on any atom is 0.214 e. The molecule has 25 heavy (non-hydrogen) atoms. The Morgan fingerprint density at radius 3 is 2.68 bits per heavy atom. The summed E-state index contributed by atoms with van der Waals surface area (Å²) in [6, 6.07) is 6.33. The zero-order valence-corrected chi connectivity index (χ0v) is 15.6. The van der Waals surface area contributed by atoms with E-state index in [1.165, 1.54) is 6.07 Å². The highest BCUT2D eigenvalue weighted by Gasteiger charge is 2.44. The van der Waals surface area contributed by atoms with Crippen molar-refractivity contribution >= 4 is 10.0 Å². The molecule has 1 aliphatic rings. The van der Waals surface area contributed by atoms with Gasteiger partial charge in [0.2, 0.25) is 10.0 Å². The normalized spacial score (nSPS) is 20.9. The lowest BCUT2D eigenvalue weighted by Crippen LogP contribution is -2.33. The molecule has 1 atom stereocenters. The van der Waals surface area contributed by atoms with Crippen LogP contribution in [0.5, 0.6) is 0 Å². The Hall–Kier alpha value is -1.73. The lowest BCUT2D eigenvalue weighted by molar-refractivity contribution is 0.347. The SMILES string of the molecule is Cn1cc(C2CN(S(=O)(=O)CCc3ccccc3F)CC2(C)C)cn1. The van der Waals surface area contributed by atoms with Gasteiger partial charge in [-0.2, -0.15) is 5.10 Å². The van der Waals surface area contributed by atoms with Crippen LogP contribution in [0.2, 0.25) is 0 Å². The highest BCUT2D eigenvalue weighted by atomic mass is 32.2. The van der Waals surface area contributed by atoms with Crippen molar-refractivity contribution in [1.82, 2.24) is 14.1 Å². The monoisotopic (exact) mass is 365 g/mol. The van der Waals surface area contributed by atoms with E-state index in [0.717, 1.165) is 5.56 Å². The molecule has 0 spiro atoms. The molecule has 3 rings (SSSR count). The fourth-order valence-electron chi connectivity index (χ4n) is 3.54. The van der Waals surface area contributed by atoms with Crippen LogP contribution in [0.25, 0.3) is 0 Å². The van der Waals surface area contributed by atoms with E-state index < -0.39 is 10.0 Å². The van der Waals surface area contributed by atoms with E-state index in [2.05, 4.69) is 18.9 Å². The minimum Gasteiger partial charge on any atom is -0.276 e. The van der Waals surface area contributed by atoms with Crippen LogP contribution < -0.4 is 0 Å². The van der Waals surface area contributed by atoms with Crippen molar-refractivity contribution in [2.75, 3.05) is 18.8 Å². The maximum atomic E-state index is 13.7. The second-order valence-electron chi connectivity index (χ2n) is 7.44. The molecular formula is C18H24FN3O2S. The topological polar surface area (TPSA) is 55.2 Å². The smallest absolute Gasteiger partial charge is 0.214 e. The maximum absolute atomic E-state index is 13.7. The minimum atomic E-state index is -3.44. The molecule has 0 saturated carbocycles. The lowest BCUT2D eigenvalue weighted by Gasteiger charge is -2.24. The molecule has 0 amide bonds. The van der Waals surface area contributed by atoms with Crippen LogP contribution in [0.4, 0.5) is 4.39 Å². The summed E-state index contributed by atoms with van der Waals surface area (Å²) in [5.74, 6) is -0.332. The molecule has 1 aliphatic heterocycles. The number of hydrogen-bond donors (Lipinski definition) is 0. The molecule has 2 heterocycles. The second-order valence-corrected chi connectivity index (χ2v) is 9.53. The first kappa shape index (κ1) is 18.1. The zero-order chi connectivity index (χ0) is 18.2. The molecule has 1 saturated heterocycles. The highest BCUT2D eigenvalue weighted by Crippen LogP contribution is 2.43. The third-order valence-electron chi connectivity index (χ3n) is 5.02. The van der Waals surface area contributed by atoms with Gasteiger partial charge in [-0.3, -0.25) is 4.68 Å². The van der Waals surface area contributed by atoms with Gasteiger partial charge in [0.1, 0.15) is 5.82 Å². The zero-order valence-electron chi connectivity index (χ0n) is 14.8. The van der Waals surface area contributed by atoms with Crippen molar-refractivity contribution in [3.8, 4) is 0 Å². The number of rotatable bonds is 5. The largest absolute Gasteiger partial charge is 0.276 e. The third-order valence-corrected chi connectivity index (χ3v) is 6.81. The Labute approximate surface area is 148 Å². The van der Waals surface area contributed by atoms with E-state index >= 15 is 0 Å². The van der Waals surface area contributed by atoms with Crippen molar-refractivity contribution in [2.45, 2.75) is 26.2 Å². The molecule has 0 aliphatic carbocycles. The fraction of sp³-hybridized carbons (Fsp3) is 0.500. The summed E-state index contributed by atoms with van der Waals surface area (Å²) in [7, 11) is -1.59. The summed E-state index contributed by atoms with van der Waals surface area (Å²) in [5.41, 5.74) is 1.32. The first-order valence-corrected chi connectivity index (χ1v) is 10.00. The van der Waals surface area contributed by atoms with Crippen LogP contribution in [0.3, 0.4) is 0 Å². The number of aromatic nitrogens is 2. The minimum absolute atomic E-state index is 0.0796. The van der Waals surface area contributed by atoms with E-state index in [0.29, 0.717) is 18.7 Å². The van der Waals surface area contributed by atoms with Gasteiger partial charge >= 0.3 is 0 Å². The van der Waals surface area contributed by atoms with Gasteiger partial charge < -0.3 is 0 Å². The molecule has 1 aromatic carbocycles. The molecule has 0 N–H and O–H groups in total. The Bertz CT molecular complexity index is 861. The average molecular weight is 365 g/mol. The van der Waals surface area contributed by atoms with Crippen molar-refractivity contribution < 1.29 is 12.8 Å². The number of benzene rings is 1. The van der Waals surface area contributed by atoms with Crippen LogP contribution in [0.1, 0.15) is 30.9 Å². The Morgan fingerprint density at radius 2 is 2.04 bits per heavy atom. The summed E-state index contributed by atoms with van der Waals surface area (Å²) < 4.78 is 42.6. The molecule has 136 valence electrons. The molecular weight excluding hydrogens is 341 g/mol. The standard InChI is InChI=1S/C18H24FN3O2S/c1-18(2)13-22(12-16(18)15-10-20-21(3)11-15)25(23,24)9-8-14-6-4-5-7-17(14)19/h4-7,10-11,16H,8-9,12-13H2,1-3H3. The van der Waals surface area contributed by atoms with Crippen molar-refractivity contribution in [1.29, 1.82) is 0 Å². The van der Waals surface area contributed by atoms with E-state index in [4.69, 9.17) is 0 Å². The van der Waals surface area contributed by atoms with Gasteiger partial charge in [0, 0.05) is 32.3 Å². The first-order valence-electron chi connectivity index (χ1n) is 8.39. The van der Waals surface area contributed by atoms with Gasteiger partial charge in [-0.05, 0) is 29.0 Å². The van der Waals surface area contributed by atoms with E-state index in [9.17, 15) is 12.8 Å². The molecule has 5 nitrogen and oxygen atoms in total. The van der Waals surface area contributed by atoms with Gasteiger partial charge in [0.05, 0.1) is 11.9 Å². The third kappa shape index (κ3) is 3.77. The Kier molecular flexibility index (Phi) is 4.72. The molecule has 0 radical (unpaired) electrons. The van der Waals surface area contributed by atoms with Gasteiger partial charge in [-0.1, -0.05) is 32.0 Å². The van der Waals surface area contributed by atoms with Crippen molar-refractivity contribution in [3.63, 3.8) is 0 Å². The molecule has 2 aromatic rings. The average Bonchev–Trinajstić information content (AvgIpc) is 3.09. The summed E-state index contributed by atoms with van der Waals surface area (Å²) >= 11 is 0. The molecule has 0 bridgehead atoms. The van der Waals surface area contributed by atoms with Crippen molar-refractivity contribution in [2.24, 2.45) is 12.5 Å². The molecule has 1 unspecified atom stereocenters. The summed E-state index contributed by atoms with van der Waals surface area (Å²) in [5, 5.41) is 4.21. The van der Waals surface area contributed by atoms with Crippen LogP contribution in [-0.2, 0) is 23.5 Å². The van der Waals surface area contributed by atoms with E-state index in [1.54, 1.807) is 27.2 Å². The molecule has 1 fully saturated rings. The van der Waals surface area contributed by atoms with Crippen LogP contribution in [0, 0.1) is 11.2 Å². The number of hydrogen-bond acceptors (Lipinski definition) is 3. The van der Waals surface area contributed by atoms with Gasteiger partial charge in [-0.25, -0.2) is 17.1 Å². The summed E-state index contributed by atoms with van der Waals surface area (Å²) in [4.78, 5) is 0. The van der Waals surface area contributed by atoms with Crippen LogP contribution >= 0.6 is 0 Å². The van der Waals surface area contributed by atoms with Crippen LogP contribution in [0.15, 0.2) is 36.7 Å².